The Bertz CT molecular complexity index is 1220. The second-order valence-electron chi connectivity index (χ2n) is 7.58. The topological polar surface area (TPSA) is 82.1 Å². The highest BCUT2D eigenvalue weighted by molar-refractivity contribution is 7.92. The van der Waals surface area contributed by atoms with Crippen LogP contribution in [-0.2, 0) is 14.8 Å². The molecule has 0 bridgehead atoms. The maximum Gasteiger partial charge on any atom is 0.264 e. The second kappa shape index (κ2) is 10.3. The number of benzene rings is 3. The number of aryl methyl sites for hydroxylation is 1. The van der Waals surface area contributed by atoms with Crippen molar-refractivity contribution in [1.82, 2.24) is 5.43 Å². The van der Waals surface area contributed by atoms with E-state index in [1.807, 2.05) is 50.2 Å². The highest BCUT2D eigenvalue weighted by Gasteiger charge is 2.27. The fourth-order valence-corrected chi connectivity index (χ4v) is 4.38. The lowest BCUT2D eigenvalue weighted by Gasteiger charge is -2.23. The van der Waals surface area contributed by atoms with Gasteiger partial charge in [0, 0.05) is 19.8 Å². The molecule has 172 valence electrons. The third-order valence-corrected chi connectivity index (χ3v) is 6.61. The number of hydrogen-bond acceptors (Lipinski definition) is 5. The van der Waals surface area contributed by atoms with Gasteiger partial charge < -0.3 is 4.90 Å². The number of sulfonamides is 1. The van der Waals surface area contributed by atoms with Gasteiger partial charge in [0.05, 0.1) is 16.8 Å². The molecular weight excluding hydrogens is 443 g/mol. The van der Waals surface area contributed by atoms with Crippen molar-refractivity contribution in [2.75, 3.05) is 29.8 Å². The van der Waals surface area contributed by atoms with Gasteiger partial charge in [0.1, 0.15) is 12.4 Å². The molecule has 0 spiro atoms. The fraction of sp³-hybridized carbons (Fsp3) is 0.167. The molecule has 3 rings (SSSR count). The molecular formula is C24H25FN4O3S. The minimum atomic E-state index is -4.08. The summed E-state index contributed by atoms with van der Waals surface area (Å²) in [5.74, 6) is -1.16. The fourth-order valence-electron chi connectivity index (χ4n) is 2.96. The van der Waals surface area contributed by atoms with Crippen LogP contribution in [0.3, 0.4) is 0 Å². The van der Waals surface area contributed by atoms with E-state index in [4.69, 9.17) is 0 Å². The summed E-state index contributed by atoms with van der Waals surface area (Å²) < 4.78 is 40.8. The Labute approximate surface area is 193 Å². The average molecular weight is 469 g/mol. The molecule has 0 fully saturated rings. The van der Waals surface area contributed by atoms with Gasteiger partial charge in [-0.05, 0) is 61.0 Å². The maximum absolute atomic E-state index is 13.4. The smallest absolute Gasteiger partial charge is 0.264 e. The Kier molecular flexibility index (Phi) is 7.44. The number of carbonyl (C=O) groups is 1. The maximum atomic E-state index is 13.4. The van der Waals surface area contributed by atoms with Gasteiger partial charge in [-0.2, -0.15) is 5.10 Å². The Hall–Kier alpha value is -3.72. The molecule has 0 radical (unpaired) electrons. The van der Waals surface area contributed by atoms with Crippen LogP contribution < -0.4 is 14.6 Å². The molecule has 33 heavy (non-hydrogen) atoms. The predicted molar refractivity (Wildman–Crippen MR) is 129 cm³/mol. The van der Waals surface area contributed by atoms with E-state index in [2.05, 4.69) is 10.5 Å². The number of halogens is 1. The van der Waals surface area contributed by atoms with E-state index in [0.717, 1.165) is 33.3 Å². The van der Waals surface area contributed by atoms with Gasteiger partial charge in [0.2, 0.25) is 0 Å². The standard InChI is InChI=1S/C24H25FN4O3S/c1-18-4-14-23(15-5-18)33(31,32)29(22-12-8-20(25)9-13-22)17-24(30)27-26-16-19-6-10-21(11-7-19)28(2)3/h4-16H,17H2,1-3H3,(H,27,30)/b26-16-. The Morgan fingerprint density at radius 1 is 0.939 bits per heavy atom. The zero-order valence-corrected chi connectivity index (χ0v) is 19.4. The molecule has 0 aliphatic heterocycles. The molecule has 0 aliphatic rings. The Balaban J connectivity index is 1.79. The lowest BCUT2D eigenvalue weighted by molar-refractivity contribution is -0.119. The van der Waals surface area contributed by atoms with E-state index in [9.17, 15) is 17.6 Å². The Morgan fingerprint density at radius 3 is 2.09 bits per heavy atom. The van der Waals surface area contributed by atoms with E-state index in [0.29, 0.717) is 0 Å². The quantitative estimate of drug-likeness (QED) is 0.405. The van der Waals surface area contributed by atoms with Gasteiger partial charge in [0.25, 0.3) is 15.9 Å². The molecule has 1 N–H and O–H groups in total. The SMILES string of the molecule is Cc1ccc(S(=O)(=O)N(CC(=O)N/N=C\c2ccc(N(C)C)cc2)c2ccc(F)cc2)cc1. The van der Waals surface area contributed by atoms with Crippen LogP contribution in [0.5, 0.6) is 0 Å². The van der Waals surface area contributed by atoms with Crippen molar-refractivity contribution < 1.29 is 17.6 Å². The van der Waals surface area contributed by atoms with Crippen LogP contribution in [0, 0.1) is 12.7 Å². The van der Waals surface area contributed by atoms with Crippen LogP contribution in [-0.4, -0.2) is 41.2 Å². The number of anilines is 2. The normalized spacial score (nSPS) is 11.4. The number of hydrogen-bond donors (Lipinski definition) is 1. The average Bonchev–Trinajstić information content (AvgIpc) is 2.79. The number of carbonyl (C=O) groups excluding carboxylic acids is 1. The van der Waals surface area contributed by atoms with Crippen molar-refractivity contribution in [3.63, 3.8) is 0 Å². The lowest BCUT2D eigenvalue weighted by Crippen LogP contribution is -2.39. The van der Waals surface area contributed by atoms with Crippen LogP contribution in [0.2, 0.25) is 0 Å². The van der Waals surface area contributed by atoms with E-state index in [1.165, 1.54) is 30.5 Å². The summed E-state index contributed by atoms with van der Waals surface area (Å²) in [6.45, 7) is 1.31. The molecule has 3 aromatic rings. The van der Waals surface area contributed by atoms with E-state index < -0.39 is 28.3 Å². The Morgan fingerprint density at radius 2 is 1.52 bits per heavy atom. The summed E-state index contributed by atoms with van der Waals surface area (Å²) in [5, 5.41) is 3.92. The zero-order chi connectivity index (χ0) is 24.0. The zero-order valence-electron chi connectivity index (χ0n) is 18.6. The molecule has 0 aliphatic carbocycles. The second-order valence-corrected chi connectivity index (χ2v) is 9.44. The first-order valence-electron chi connectivity index (χ1n) is 10.1. The van der Waals surface area contributed by atoms with Crippen LogP contribution >= 0.6 is 0 Å². The summed E-state index contributed by atoms with van der Waals surface area (Å²) in [5.41, 5.74) is 5.20. The van der Waals surface area contributed by atoms with Crippen LogP contribution in [0.1, 0.15) is 11.1 Å². The van der Waals surface area contributed by atoms with Crippen molar-refractivity contribution in [2.24, 2.45) is 5.10 Å². The highest BCUT2D eigenvalue weighted by atomic mass is 32.2. The van der Waals surface area contributed by atoms with Gasteiger partial charge in [0.15, 0.2) is 0 Å². The first-order chi connectivity index (χ1) is 15.7. The minimum Gasteiger partial charge on any atom is -0.378 e. The first kappa shape index (κ1) is 23.9. The molecule has 0 heterocycles. The van der Waals surface area contributed by atoms with Gasteiger partial charge >= 0.3 is 0 Å². The number of amides is 1. The van der Waals surface area contributed by atoms with Gasteiger partial charge in [-0.1, -0.05) is 29.8 Å². The van der Waals surface area contributed by atoms with Crippen LogP contribution in [0.25, 0.3) is 0 Å². The van der Waals surface area contributed by atoms with Gasteiger partial charge in [-0.15, -0.1) is 0 Å². The largest absolute Gasteiger partial charge is 0.378 e. The summed E-state index contributed by atoms with van der Waals surface area (Å²) in [4.78, 5) is 14.5. The number of rotatable bonds is 8. The van der Waals surface area contributed by atoms with Crippen molar-refractivity contribution in [2.45, 2.75) is 11.8 Å². The summed E-state index contributed by atoms with van der Waals surface area (Å²) >= 11 is 0. The molecule has 0 saturated carbocycles. The molecule has 9 heteroatoms. The highest BCUT2D eigenvalue weighted by Crippen LogP contribution is 2.24. The summed E-state index contributed by atoms with van der Waals surface area (Å²) in [6.07, 6.45) is 1.47. The molecule has 0 saturated heterocycles. The van der Waals surface area contributed by atoms with Crippen molar-refractivity contribution in [3.8, 4) is 0 Å². The minimum absolute atomic E-state index is 0.0229. The van der Waals surface area contributed by atoms with Crippen molar-refractivity contribution in [3.05, 3.63) is 89.7 Å². The van der Waals surface area contributed by atoms with Crippen LogP contribution in [0.15, 0.2) is 82.8 Å². The first-order valence-corrected chi connectivity index (χ1v) is 11.5. The number of nitrogens with zero attached hydrogens (tertiary/aromatic N) is 3. The molecule has 0 atom stereocenters. The third kappa shape index (κ3) is 6.17. The summed E-state index contributed by atoms with van der Waals surface area (Å²) in [7, 11) is -0.213. The molecule has 3 aromatic carbocycles. The van der Waals surface area contributed by atoms with Crippen molar-refractivity contribution >= 4 is 33.5 Å². The van der Waals surface area contributed by atoms with Crippen molar-refractivity contribution in [1.29, 1.82) is 0 Å². The van der Waals surface area contributed by atoms with Gasteiger partial charge in [-0.25, -0.2) is 18.2 Å². The lowest BCUT2D eigenvalue weighted by atomic mass is 10.2. The summed E-state index contributed by atoms with van der Waals surface area (Å²) in [6, 6.07) is 18.7. The monoisotopic (exact) mass is 468 g/mol. The van der Waals surface area contributed by atoms with E-state index >= 15 is 0 Å². The number of hydrazone groups is 1. The third-order valence-electron chi connectivity index (χ3n) is 4.82. The van der Waals surface area contributed by atoms with Gasteiger partial charge in [-0.3, -0.25) is 9.10 Å². The molecule has 0 aromatic heterocycles. The molecule has 7 nitrogen and oxygen atoms in total. The van der Waals surface area contributed by atoms with E-state index in [-0.39, 0.29) is 10.6 Å². The molecule has 1 amide bonds. The molecule has 0 unspecified atom stereocenters. The number of nitrogens with one attached hydrogen (secondary N) is 1. The predicted octanol–water partition coefficient (Wildman–Crippen LogP) is 3.55. The van der Waals surface area contributed by atoms with E-state index in [1.54, 1.807) is 12.1 Å². The van der Waals surface area contributed by atoms with Crippen LogP contribution in [0.4, 0.5) is 15.8 Å².